The summed E-state index contributed by atoms with van der Waals surface area (Å²) in [6.45, 7) is 3.70. The molecule has 0 saturated heterocycles. The Morgan fingerprint density at radius 1 is 1.37 bits per heavy atom. The Morgan fingerprint density at radius 2 is 2.11 bits per heavy atom. The molecule has 2 N–H and O–H groups in total. The van der Waals surface area contributed by atoms with Crippen LogP contribution in [0, 0.1) is 17.0 Å². The Kier molecular flexibility index (Phi) is 3.66. The van der Waals surface area contributed by atoms with E-state index in [1.54, 1.807) is 19.1 Å². The summed E-state index contributed by atoms with van der Waals surface area (Å²) in [6, 6.07) is 8.43. The van der Waals surface area contributed by atoms with Crippen molar-refractivity contribution in [2.45, 2.75) is 26.3 Å². The van der Waals surface area contributed by atoms with Crippen LogP contribution in [-0.2, 0) is 0 Å². The first kappa shape index (κ1) is 13.3. The largest absolute Gasteiger partial charge is 0.459 e. The van der Waals surface area contributed by atoms with Crippen LogP contribution in [0.4, 0.5) is 5.69 Å². The average molecular weight is 260 g/mol. The van der Waals surface area contributed by atoms with Crippen molar-refractivity contribution >= 4 is 5.69 Å². The SMILES string of the molecule is CCC(N)c1ccc(-c2cccc([N+](=O)[O-])c2C)o1. The smallest absolute Gasteiger partial charge is 0.273 e. The van der Waals surface area contributed by atoms with Gasteiger partial charge in [-0.3, -0.25) is 10.1 Å². The molecule has 1 atom stereocenters. The van der Waals surface area contributed by atoms with Crippen LogP contribution in [0.1, 0.15) is 30.7 Å². The van der Waals surface area contributed by atoms with E-state index in [1.807, 2.05) is 19.1 Å². The van der Waals surface area contributed by atoms with Gasteiger partial charge < -0.3 is 10.2 Å². The Hall–Kier alpha value is -2.14. The van der Waals surface area contributed by atoms with Gasteiger partial charge in [-0.25, -0.2) is 0 Å². The van der Waals surface area contributed by atoms with Gasteiger partial charge in [0.15, 0.2) is 0 Å². The molecule has 0 amide bonds. The van der Waals surface area contributed by atoms with E-state index in [9.17, 15) is 10.1 Å². The number of benzene rings is 1. The van der Waals surface area contributed by atoms with Crippen molar-refractivity contribution in [3.63, 3.8) is 0 Å². The third-order valence-electron chi connectivity index (χ3n) is 3.20. The number of furan rings is 1. The van der Waals surface area contributed by atoms with Crippen molar-refractivity contribution in [2.75, 3.05) is 0 Å². The van der Waals surface area contributed by atoms with E-state index in [0.29, 0.717) is 17.1 Å². The van der Waals surface area contributed by atoms with Crippen LogP contribution in [0.5, 0.6) is 0 Å². The highest BCUT2D eigenvalue weighted by Gasteiger charge is 2.17. The van der Waals surface area contributed by atoms with E-state index >= 15 is 0 Å². The van der Waals surface area contributed by atoms with Gasteiger partial charge in [0.05, 0.1) is 11.0 Å². The molecule has 0 aliphatic carbocycles. The van der Waals surface area contributed by atoms with Crippen LogP contribution in [-0.4, -0.2) is 4.92 Å². The highest BCUT2D eigenvalue weighted by atomic mass is 16.6. The minimum absolute atomic E-state index is 0.0928. The molecule has 19 heavy (non-hydrogen) atoms. The average Bonchev–Trinajstić information content (AvgIpc) is 2.87. The summed E-state index contributed by atoms with van der Waals surface area (Å²) < 4.78 is 5.69. The quantitative estimate of drug-likeness (QED) is 0.672. The molecule has 1 heterocycles. The van der Waals surface area contributed by atoms with Crippen LogP contribution in [0.2, 0.25) is 0 Å². The van der Waals surface area contributed by atoms with Gasteiger partial charge in [0.2, 0.25) is 0 Å². The lowest BCUT2D eigenvalue weighted by Crippen LogP contribution is -2.06. The number of nitrogens with zero attached hydrogens (tertiary/aromatic N) is 1. The van der Waals surface area contributed by atoms with Gasteiger partial charge in [0.25, 0.3) is 5.69 Å². The van der Waals surface area contributed by atoms with Crippen molar-refractivity contribution in [1.29, 1.82) is 0 Å². The Balaban J connectivity index is 2.45. The van der Waals surface area contributed by atoms with Gasteiger partial charge in [0, 0.05) is 17.2 Å². The van der Waals surface area contributed by atoms with Gasteiger partial charge in [-0.2, -0.15) is 0 Å². The van der Waals surface area contributed by atoms with E-state index in [0.717, 1.165) is 12.0 Å². The van der Waals surface area contributed by atoms with Crippen LogP contribution in [0.25, 0.3) is 11.3 Å². The minimum atomic E-state index is -0.388. The summed E-state index contributed by atoms with van der Waals surface area (Å²) in [7, 11) is 0. The fraction of sp³-hybridized carbons (Fsp3) is 0.286. The second-order valence-electron chi connectivity index (χ2n) is 4.42. The molecule has 2 rings (SSSR count). The molecule has 0 fully saturated rings. The van der Waals surface area contributed by atoms with Crippen molar-refractivity contribution in [2.24, 2.45) is 5.73 Å². The van der Waals surface area contributed by atoms with Gasteiger partial charge in [-0.05, 0) is 25.5 Å². The maximum atomic E-state index is 10.9. The molecule has 0 aliphatic heterocycles. The highest BCUT2D eigenvalue weighted by molar-refractivity contribution is 5.67. The molecule has 1 unspecified atom stereocenters. The van der Waals surface area contributed by atoms with Crippen LogP contribution < -0.4 is 5.73 Å². The van der Waals surface area contributed by atoms with Gasteiger partial charge in [0.1, 0.15) is 11.5 Å². The standard InChI is InChI=1S/C14H16N2O3/c1-3-11(15)14-8-7-13(19-14)10-5-4-6-12(9(10)2)16(17)18/h4-8,11H,3,15H2,1-2H3. The number of nitro benzene ring substituents is 1. The number of hydrogen-bond donors (Lipinski definition) is 1. The lowest BCUT2D eigenvalue weighted by atomic mass is 10.1. The molecule has 0 saturated carbocycles. The van der Waals surface area contributed by atoms with E-state index < -0.39 is 0 Å². The van der Waals surface area contributed by atoms with E-state index in [2.05, 4.69) is 0 Å². The zero-order chi connectivity index (χ0) is 14.0. The lowest BCUT2D eigenvalue weighted by molar-refractivity contribution is -0.385. The van der Waals surface area contributed by atoms with Gasteiger partial charge >= 0.3 is 0 Å². The number of nitro groups is 1. The summed E-state index contributed by atoms with van der Waals surface area (Å²) in [4.78, 5) is 10.5. The Morgan fingerprint density at radius 3 is 2.74 bits per heavy atom. The molecule has 0 aliphatic rings. The highest BCUT2D eigenvalue weighted by Crippen LogP contribution is 2.32. The number of nitrogens with two attached hydrogens (primary N) is 1. The van der Waals surface area contributed by atoms with Crippen LogP contribution >= 0.6 is 0 Å². The van der Waals surface area contributed by atoms with Crippen LogP contribution in [0.15, 0.2) is 34.7 Å². The predicted molar refractivity (Wildman–Crippen MR) is 72.8 cm³/mol. The second kappa shape index (κ2) is 5.24. The topological polar surface area (TPSA) is 82.3 Å². The van der Waals surface area contributed by atoms with Crippen molar-refractivity contribution < 1.29 is 9.34 Å². The molecule has 5 nitrogen and oxygen atoms in total. The summed E-state index contributed by atoms with van der Waals surface area (Å²) in [5.41, 5.74) is 7.31. The molecule has 1 aromatic heterocycles. The normalized spacial score (nSPS) is 12.4. The summed E-state index contributed by atoms with van der Waals surface area (Å²) in [6.07, 6.45) is 0.779. The summed E-state index contributed by atoms with van der Waals surface area (Å²) in [5, 5.41) is 10.9. The molecule has 0 spiro atoms. The molecular weight excluding hydrogens is 244 g/mol. The van der Waals surface area contributed by atoms with Gasteiger partial charge in [-0.15, -0.1) is 0 Å². The number of rotatable bonds is 4. The predicted octanol–water partition coefficient (Wildman–Crippen LogP) is 3.57. The first-order valence-corrected chi connectivity index (χ1v) is 6.14. The number of hydrogen-bond acceptors (Lipinski definition) is 4. The molecule has 2 aromatic rings. The summed E-state index contributed by atoms with van der Waals surface area (Å²) in [5.74, 6) is 1.31. The van der Waals surface area contributed by atoms with Crippen molar-refractivity contribution in [3.05, 3.63) is 51.8 Å². The second-order valence-corrected chi connectivity index (χ2v) is 4.42. The maximum absolute atomic E-state index is 10.9. The van der Waals surface area contributed by atoms with Crippen LogP contribution in [0.3, 0.4) is 0 Å². The molecule has 5 heteroatoms. The fourth-order valence-corrected chi connectivity index (χ4v) is 1.99. The molecular formula is C14H16N2O3. The Bertz CT molecular complexity index is 604. The molecule has 1 aromatic carbocycles. The minimum Gasteiger partial charge on any atom is -0.459 e. The van der Waals surface area contributed by atoms with Gasteiger partial charge in [-0.1, -0.05) is 19.1 Å². The molecule has 0 radical (unpaired) electrons. The monoisotopic (exact) mass is 260 g/mol. The third-order valence-corrected chi connectivity index (χ3v) is 3.20. The first-order chi connectivity index (χ1) is 9.04. The zero-order valence-electron chi connectivity index (χ0n) is 10.9. The molecule has 0 bridgehead atoms. The first-order valence-electron chi connectivity index (χ1n) is 6.14. The fourth-order valence-electron chi connectivity index (χ4n) is 1.99. The maximum Gasteiger partial charge on any atom is 0.273 e. The van der Waals surface area contributed by atoms with E-state index in [1.165, 1.54) is 6.07 Å². The third kappa shape index (κ3) is 2.51. The van der Waals surface area contributed by atoms with Crippen molar-refractivity contribution in [1.82, 2.24) is 0 Å². The zero-order valence-corrected chi connectivity index (χ0v) is 10.9. The lowest BCUT2D eigenvalue weighted by Gasteiger charge is -2.05. The van der Waals surface area contributed by atoms with E-state index in [-0.39, 0.29) is 16.7 Å². The summed E-state index contributed by atoms with van der Waals surface area (Å²) >= 11 is 0. The Labute approximate surface area is 111 Å². The molecule has 100 valence electrons. The van der Waals surface area contributed by atoms with E-state index in [4.69, 9.17) is 10.2 Å². The van der Waals surface area contributed by atoms with Crippen molar-refractivity contribution in [3.8, 4) is 11.3 Å².